The Morgan fingerprint density at radius 2 is 2.09 bits per heavy atom. The third kappa shape index (κ3) is 2.17. The molecule has 5 nitrogen and oxygen atoms in total. The minimum atomic E-state index is -0.212. The van der Waals surface area contributed by atoms with E-state index >= 15 is 0 Å². The number of thioether (sulfide) groups is 1. The van der Waals surface area contributed by atoms with Gasteiger partial charge in [0, 0.05) is 32.4 Å². The second-order valence-corrected chi connectivity index (χ2v) is 7.40. The molecular formula is C16H20FN5S. The third-order valence-electron chi connectivity index (χ3n) is 4.78. The summed E-state index contributed by atoms with van der Waals surface area (Å²) in [5.74, 6) is 2.90. The third-order valence-corrected chi connectivity index (χ3v) is 6.01. The van der Waals surface area contributed by atoms with Gasteiger partial charge >= 0.3 is 0 Å². The molecule has 0 aromatic carbocycles. The molecule has 0 aliphatic carbocycles. The van der Waals surface area contributed by atoms with Gasteiger partial charge in [0.25, 0.3) is 0 Å². The van der Waals surface area contributed by atoms with Crippen LogP contribution < -0.4 is 4.90 Å². The molecule has 1 saturated heterocycles. The predicted molar refractivity (Wildman–Crippen MR) is 91.7 cm³/mol. The second kappa shape index (κ2) is 5.21. The molecule has 122 valence electrons. The molecule has 4 heterocycles. The largest absolute Gasteiger partial charge is 0.349 e. The lowest BCUT2D eigenvalue weighted by Crippen LogP contribution is -2.55. The molecule has 1 aromatic rings. The fourth-order valence-electron chi connectivity index (χ4n) is 3.41. The first-order valence-electron chi connectivity index (χ1n) is 7.77. The van der Waals surface area contributed by atoms with Crippen LogP contribution in [0.1, 0.15) is 11.3 Å². The molecular weight excluding hydrogens is 313 g/mol. The molecule has 0 saturated carbocycles. The summed E-state index contributed by atoms with van der Waals surface area (Å²) in [4.78, 5) is 16.4. The van der Waals surface area contributed by atoms with Crippen LogP contribution in [0.4, 0.5) is 10.2 Å². The van der Waals surface area contributed by atoms with Crippen molar-refractivity contribution in [2.24, 2.45) is 4.99 Å². The number of hydrogen-bond donors (Lipinski definition) is 0. The summed E-state index contributed by atoms with van der Waals surface area (Å²) in [5.41, 5.74) is 1.27. The topological polar surface area (TPSA) is 35.0 Å². The summed E-state index contributed by atoms with van der Waals surface area (Å²) < 4.78 is 14.7. The van der Waals surface area contributed by atoms with Crippen LogP contribution in [0.5, 0.6) is 0 Å². The lowest BCUT2D eigenvalue weighted by Gasteiger charge is -2.42. The maximum Gasteiger partial charge on any atom is 0.158 e. The lowest BCUT2D eigenvalue weighted by molar-refractivity contribution is 0.165. The predicted octanol–water partition coefficient (Wildman–Crippen LogP) is 1.92. The van der Waals surface area contributed by atoms with E-state index in [9.17, 15) is 4.39 Å². The van der Waals surface area contributed by atoms with E-state index in [0.29, 0.717) is 22.5 Å². The van der Waals surface area contributed by atoms with E-state index in [2.05, 4.69) is 28.4 Å². The average Bonchev–Trinajstić information content (AvgIpc) is 2.67. The minimum absolute atomic E-state index is 0.212. The van der Waals surface area contributed by atoms with Gasteiger partial charge in [0.05, 0.1) is 22.2 Å². The van der Waals surface area contributed by atoms with Crippen molar-refractivity contribution in [3.8, 4) is 0 Å². The Balaban J connectivity index is 1.94. The summed E-state index contributed by atoms with van der Waals surface area (Å²) in [6.07, 6.45) is 0. The van der Waals surface area contributed by atoms with Crippen molar-refractivity contribution in [1.82, 2.24) is 14.8 Å². The summed E-state index contributed by atoms with van der Waals surface area (Å²) in [6.45, 7) is 8.60. The van der Waals surface area contributed by atoms with E-state index in [1.165, 1.54) is 0 Å². The molecule has 1 atom stereocenters. The zero-order valence-corrected chi connectivity index (χ0v) is 14.5. The number of aromatic nitrogens is 1. The van der Waals surface area contributed by atoms with Crippen molar-refractivity contribution in [3.05, 3.63) is 29.5 Å². The van der Waals surface area contributed by atoms with Crippen molar-refractivity contribution < 1.29 is 4.39 Å². The number of aliphatic imine (C=N–C) groups is 1. The first-order chi connectivity index (χ1) is 11.0. The van der Waals surface area contributed by atoms with Gasteiger partial charge in [-0.2, -0.15) is 0 Å². The molecule has 3 aliphatic heterocycles. The molecule has 1 fully saturated rings. The highest BCUT2D eigenvalue weighted by atomic mass is 32.2. The smallest absolute Gasteiger partial charge is 0.158 e. The first-order valence-corrected chi connectivity index (χ1v) is 8.75. The average molecular weight is 333 g/mol. The summed E-state index contributed by atoms with van der Waals surface area (Å²) >= 11 is 1.59. The Bertz CT molecular complexity index is 732. The monoisotopic (exact) mass is 333 g/mol. The van der Waals surface area contributed by atoms with Crippen LogP contribution in [-0.4, -0.2) is 66.1 Å². The van der Waals surface area contributed by atoms with Crippen LogP contribution >= 0.6 is 11.8 Å². The van der Waals surface area contributed by atoms with Crippen molar-refractivity contribution in [1.29, 1.82) is 0 Å². The van der Waals surface area contributed by atoms with E-state index in [4.69, 9.17) is 4.99 Å². The fraction of sp³-hybridized carbons (Fsp3) is 0.500. The van der Waals surface area contributed by atoms with Crippen LogP contribution in [0, 0.1) is 12.7 Å². The number of fused-ring (bicyclic) bond motifs is 2. The van der Waals surface area contributed by atoms with Crippen molar-refractivity contribution in [3.63, 3.8) is 0 Å². The van der Waals surface area contributed by atoms with Gasteiger partial charge in [0.15, 0.2) is 5.82 Å². The number of nitrogens with zero attached hydrogens (tertiary/aromatic N) is 5. The number of anilines is 1. The van der Waals surface area contributed by atoms with Gasteiger partial charge < -0.3 is 14.7 Å². The highest BCUT2D eigenvalue weighted by Crippen LogP contribution is 2.41. The SMILES string of the molecule is C=C1N=C2c3c(nc(C)c(F)c3SCC3CN(C)CCN23)N1C. The highest BCUT2D eigenvalue weighted by Gasteiger charge is 2.38. The molecule has 0 spiro atoms. The molecule has 23 heavy (non-hydrogen) atoms. The molecule has 1 unspecified atom stereocenters. The van der Waals surface area contributed by atoms with E-state index in [0.717, 1.165) is 42.6 Å². The van der Waals surface area contributed by atoms with Crippen molar-refractivity contribution in [2.75, 3.05) is 44.4 Å². The summed E-state index contributed by atoms with van der Waals surface area (Å²) in [7, 11) is 4.02. The molecule has 0 radical (unpaired) electrons. The zero-order valence-electron chi connectivity index (χ0n) is 13.6. The number of pyridine rings is 1. The van der Waals surface area contributed by atoms with E-state index in [-0.39, 0.29) is 5.82 Å². The van der Waals surface area contributed by atoms with Crippen molar-refractivity contribution >= 4 is 23.4 Å². The number of amidine groups is 1. The number of likely N-dealkylation sites (N-methyl/N-ethyl adjacent to an activating group) is 1. The number of piperazine rings is 1. The van der Waals surface area contributed by atoms with E-state index in [1.54, 1.807) is 18.7 Å². The number of aryl methyl sites for hydroxylation is 1. The van der Waals surface area contributed by atoms with Gasteiger partial charge in [-0.15, -0.1) is 11.8 Å². The van der Waals surface area contributed by atoms with E-state index in [1.807, 2.05) is 11.9 Å². The van der Waals surface area contributed by atoms with Gasteiger partial charge in [0.1, 0.15) is 17.5 Å². The van der Waals surface area contributed by atoms with Crippen LogP contribution in [0.15, 0.2) is 22.3 Å². The number of rotatable bonds is 0. The molecule has 0 amide bonds. The Labute approximate surface area is 139 Å². The number of halogens is 1. The standard InChI is InChI=1S/C16H20FN5S/c1-9-13(17)14-12-15(18-9)21(4)10(2)19-16(12)22-6-5-20(3)7-11(22)8-23-14/h11H,2,5-8H2,1,3-4H3. The Morgan fingerprint density at radius 3 is 2.87 bits per heavy atom. The molecule has 1 aromatic heterocycles. The van der Waals surface area contributed by atoms with Crippen LogP contribution in [0.2, 0.25) is 0 Å². The molecule has 3 aliphatic rings. The molecule has 4 rings (SSSR count). The van der Waals surface area contributed by atoms with E-state index < -0.39 is 0 Å². The fourth-order valence-corrected chi connectivity index (χ4v) is 4.66. The maximum atomic E-state index is 14.7. The molecule has 7 heteroatoms. The first kappa shape index (κ1) is 15.0. The quantitative estimate of drug-likeness (QED) is 0.725. The Hall–Kier alpha value is -1.60. The molecule has 0 bridgehead atoms. The van der Waals surface area contributed by atoms with Gasteiger partial charge in [-0.05, 0) is 14.0 Å². The second-order valence-electron chi connectivity index (χ2n) is 6.37. The Kier molecular flexibility index (Phi) is 3.39. The summed E-state index contributed by atoms with van der Waals surface area (Å²) in [6, 6.07) is 0.327. The normalized spacial score (nSPS) is 24.1. The van der Waals surface area contributed by atoms with Crippen LogP contribution in [0.3, 0.4) is 0 Å². The lowest BCUT2D eigenvalue weighted by atomic mass is 10.1. The molecule has 0 N–H and O–H groups in total. The minimum Gasteiger partial charge on any atom is -0.349 e. The van der Waals surface area contributed by atoms with Gasteiger partial charge in [-0.25, -0.2) is 14.4 Å². The van der Waals surface area contributed by atoms with Crippen molar-refractivity contribution in [2.45, 2.75) is 17.9 Å². The van der Waals surface area contributed by atoms with Crippen LogP contribution in [0.25, 0.3) is 0 Å². The van der Waals surface area contributed by atoms with Gasteiger partial charge in [-0.3, -0.25) is 0 Å². The van der Waals surface area contributed by atoms with Gasteiger partial charge in [-0.1, -0.05) is 6.58 Å². The maximum absolute atomic E-state index is 14.7. The highest BCUT2D eigenvalue weighted by molar-refractivity contribution is 7.99. The van der Waals surface area contributed by atoms with Crippen LogP contribution in [-0.2, 0) is 0 Å². The zero-order chi connectivity index (χ0) is 16.3. The number of hydrogen-bond acceptors (Lipinski definition) is 6. The van der Waals surface area contributed by atoms with Gasteiger partial charge in [0.2, 0.25) is 0 Å². The summed E-state index contributed by atoms with van der Waals surface area (Å²) in [5, 5.41) is 0. The Morgan fingerprint density at radius 1 is 1.30 bits per heavy atom.